The average molecular weight is 353 g/mol. The van der Waals surface area contributed by atoms with Crippen molar-refractivity contribution < 1.29 is 14.3 Å². The van der Waals surface area contributed by atoms with Gasteiger partial charge in [0.1, 0.15) is 6.33 Å². The average Bonchev–Trinajstić information content (AvgIpc) is 2.45. The normalized spacial score (nSPS) is 10.2. The van der Waals surface area contributed by atoms with E-state index in [9.17, 15) is 9.59 Å². The van der Waals surface area contributed by atoms with Gasteiger partial charge in [0, 0.05) is 11.0 Å². The molecule has 0 atom stereocenters. The lowest BCUT2D eigenvalue weighted by Gasteiger charge is -2.08. The maximum absolute atomic E-state index is 11.6. The number of carbonyl (C=O) groups excluding carboxylic acids is 2. The van der Waals surface area contributed by atoms with Crippen molar-refractivity contribution in [3.8, 4) is 5.88 Å². The zero-order chi connectivity index (χ0) is 15.2. The Morgan fingerprint density at radius 2 is 2.14 bits per heavy atom. The smallest absolute Gasteiger partial charge is 0.321 e. The van der Waals surface area contributed by atoms with Crippen LogP contribution in [0.25, 0.3) is 10.9 Å². The molecule has 0 radical (unpaired) electrons. The second-order valence-corrected chi connectivity index (χ2v) is 4.95. The Labute approximate surface area is 129 Å². The van der Waals surface area contributed by atoms with Crippen molar-refractivity contribution in [3.05, 3.63) is 29.0 Å². The van der Waals surface area contributed by atoms with Crippen LogP contribution in [0.1, 0.15) is 6.92 Å². The first-order chi connectivity index (χ1) is 10.1. The molecule has 7 nitrogen and oxygen atoms in total. The largest absolute Gasteiger partial charge is 0.467 e. The number of nitrogens with one attached hydrogen (secondary N) is 2. The van der Waals surface area contributed by atoms with Gasteiger partial charge in [-0.25, -0.2) is 14.8 Å². The van der Waals surface area contributed by atoms with Gasteiger partial charge in [-0.1, -0.05) is 15.9 Å². The molecular formula is C13H13BrN4O3. The van der Waals surface area contributed by atoms with E-state index in [0.717, 1.165) is 4.47 Å². The number of imide groups is 1. The second-order valence-electron chi connectivity index (χ2n) is 4.04. The number of ether oxygens (including phenoxy) is 1. The molecule has 0 bridgehead atoms. The Hall–Kier alpha value is -2.22. The van der Waals surface area contributed by atoms with Gasteiger partial charge in [0.05, 0.1) is 10.9 Å². The van der Waals surface area contributed by atoms with E-state index in [4.69, 9.17) is 4.74 Å². The SMILES string of the molecule is CCNC(=O)NC(=O)COc1ncnc2ccc(Br)cc12. The van der Waals surface area contributed by atoms with E-state index in [1.165, 1.54) is 6.33 Å². The Kier molecular flexibility index (Phi) is 5.04. The van der Waals surface area contributed by atoms with Crippen molar-refractivity contribution >= 4 is 38.8 Å². The van der Waals surface area contributed by atoms with Gasteiger partial charge in [-0.15, -0.1) is 0 Å². The van der Waals surface area contributed by atoms with Gasteiger partial charge >= 0.3 is 6.03 Å². The molecule has 110 valence electrons. The summed E-state index contributed by atoms with van der Waals surface area (Å²) in [5.74, 6) is -0.268. The predicted octanol–water partition coefficient (Wildman–Crippen LogP) is 1.62. The van der Waals surface area contributed by atoms with Crippen LogP contribution >= 0.6 is 15.9 Å². The molecule has 0 spiro atoms. The molecule has 2 N–H and O–H groups in total. The number of halogens is 1. The van der Waals surface area contributed by atoms with Crippen molar-refractivity contribution in [2.45, 2.75) is 6.92 Å². The summed E-state index contributed by atoms with van der Waals surface area (Å²) in [4.78, 5) is 30.9. The molecule has 1 heterocycles. The Morgan fingerprint density at radius 3 is 2.90 bits per heavy atom. The molecule has 2 aromatic rings. The highest BCUT2D eigenvalue weighted by Gasteiger charge is 2.10. The van der Waals surface area contributed by atoms with Crippen LogP contribution in [0.4, 0.5) is 4.79 Å². The van der Waals surface area contributed by atoms with Gasteiger partial charge < -0.3 is 10.1 Å². The number of hydrogen-bond donors (Lipinski definition) is 2. The summed E-state index contributed by atoms with van der Waals surface area (Å²) >= 11 is 3.35. The summed E-state index contributed by atoms with van der Waals surface area (Å²) in [6, 6.07) is 4.90. The lowest BCUT2D eigenvalue weighted by Crippen LogP contribution is -2.41. The number of hydrogen-bond acceptors (Lipinski definition) is 5. The van der Waals surface area contributed by atoms with Gasteiger partial charge in [-0.2, -0.15) is 0 Å². The summed E-state index contributed by atoms with van der Waals surface area (Å²) in [6.45, 7) is 1.88. The number of carbonyl (C=O) groups is 2. The Bertz CT molecular complexity index is 678. The third kappa shape index (κ3) is 4.12. The van der Waals surface area contributed by atoms with Crippen LogP contribution in [-0.2, 0) is 4.79 Å². The minimum Gasteiger partial charge on any atom is -0.467 e. The topological polar surface area (TPSA) is 93.2 Å². The number of nitrogens with zero attached hydrogens (tertiary/aromatic N) is 2. The van der Waals surface area contributed by atoms with Gasteiger partial charge in [0.25, 0.3) is 5.91 Å². The molecule has 0 unspecified atom stereocenters. The molecule has 21 heavy (non-hydrogen) atoms. The maximum atomic E-state index is 11.6. The van der Waals surface area contributed by atoms with E-state index < -0.39 is 11.9 Å². The van der Waals surface area contributed by atoms with E-state index in [1.807, 2.05) is 12.1 Å². The van der Waals surface area contributed by atoms with Crippen molar-refractivity contribution in [1.29, 1.82) is 0 Å². The predicted molar refractivity (Wildman–Crippen MR) is 79.9 cm³/mol. The molecule has 0 saturated heterocycles. The molecule has 0 aliphatic heterocycles. The first-order valence-corrected chi connectivity index (χ1v) is 7.00. The Morgan fingerprint density at radius 1 is 1.33 bits per heavy atom. The van der Waals surface area contributed by atoms with E-state index >= 15 is 0 Å². The minimum absolute atomic E-state index is 0.285. The molecule has 0 fully saturated rings. The fraction of sp³-hybridized carbons (Fsp3) is 0.231. The third-order valence-electron chi connectivity index (χ3n) is 2.49. The van der Waals surface area contributed by atoms with Crippen LogP contribution in [0.15, 0.2) is 29.0 Å². The number of aromatic nitrogens is 2. The summed E-state index contributed by atoms with van der Waals surface area (Å²) in [7, 11) is 0. The van der Waals surface area contributed by atoms with Crippen LogP contribution < -0.4 is 15.4 Å². The highest BCUT2D eigenvalue weighted by atomic mass is 79.9. The standard InChI is InChI=1S/C13H13BrN4O3/c1-2-15-13(20)18-11(19)6-21-12-9-5-8(14)3-4-10(9)16-7-17-12/h3-5,7H,2,6H2,1H3,(H2,15,18,19,20). The Balaban J connectivity index is 2.05. The molecule has 1 aromatic carbocycles. The molecule has 0 aliphatic carbocycles. The van der Waals surface area contributed by atoms with Crippen LogP contribution in [0, 0.1) is 0 Å². The molecule has 8 heteroatoms. The number of benzene rings is 1. The molecule has 0 aliphatic rings. The fourth-order valence-electron chi connectivity index (χ4n) is 1.62. The number of fused-ring (bicyclic) bond motifs is 1. The first kappa shape index (κ1) is 15.2. The zero-order valence-electron chi connectivity index (χ0n) is 11.2. The lowest BCUT2D eigenvalue weighted by atomic mass is 10.2. The van der Waals surface area contributed by atoms with Crippen LogP contribution in [0.2, 0.25) is 0 Å². The van der Waals surface area contributed by atoms with Crippen LogP contribution in [-0.4, -0.2) is 35.1 Å². The lowest BCUT2D eigenvalue weighted by molar-refractivity contribution is -0.122. The number of rotatable bonds is 4. The monoisotopic (exact) mass is 352 g/mol. The summed E-state index contributed by atoms with van der Waals surface area (Å²) in [5, 5.41) is 5.28. The van der Waals surface area contributed by atoms with Crippen molar-refractivity contribution in [1.82, 2.24) is 20.6 Å². The second kappa shape index (κ2) is 6.98. The van der Waals surface area contributed by atoms with E-state index in [1.54, 1.807) is 13.0 Å². The quantitative estimate of drug-likeness (QED) is 0.871. The highest BCUT2D eigenvalue weighted by molar-refractivity contribution is 9.10. The summed E-state index contributed by atoms with van der Waals surface area (Å²) in [6.07, 6.45) is 1.35. The molecular weight excluding hydrogens is 340 g/mol. The van der Waals surface area contributed by atoms with Crippen LogP contribution in [0.3, 0.4) is 0 Å². The molecule has 0 saturated carbocycles. The van der Waals surface area contributed by atoms with Gasteiger partial charge in [0.15, 0.2) is 6.61 Å². The zero-order valence-corrected chi connectivity index (χ0v) is 12.8. The van der Waals surface area contributed by atoms with Gasteiger partial charge in [-0.3, -0.25) is 10.1 Å². The van der Waals surface area contributed by atoms with Crippen LogP contribution in [0.5, 0.6) is 5.88 Å². The number of amides is 3. The van der Waals surface area contributed by atoms with Crippen molar-refractivity contribution in [2.24, 2.45) is 0 Å². The van der Waals surface area contributed by atoms with E-state index in [2.05, 4.69) is 36.5 Å². The maximum Gasteiger partial charge on any atom is 0.321 e. The fourth-order valence-corrected chi connectivity index (χ4v) is 1.98. The molecule has 1 aromatic heterocycles. The van der Waals surface area contributed by atoms with Crippen molar-refractivity contribution in [2.75, 3.05) is 13.2 Å². The number of urea groups is 1. The minimum atomic E-state index is -0.554. The van der Waals surface area contributed by atoms with Crippen molar-refractivity contribution in [3.63, 3.8) is 0 Å². The van der Waals surface area contributed by atoms with Gasteiger partial charge in [-0.05, 0) is 25.1 Å². The summed E-state index contributed by atoms with van der Waals surface area (Å²) < 4.78 is 6.20. The highest BCUT2D eigenvalue weighted by Crippen LogP contribution is 2.24. The molecule has 2 rings (SSSR count). The molecule has 3 amide bonds. The third-order valence-corrected chi connectivity index (χ3v) is 2.98. The van der Waals surface area contributed by atoms with E-state index in [-0.39, 0.29) is 12.5 Å². The van der Waals surface area contributed by atoms with Gasteiger partial charge in [0.2, 0.25) is 5.88 Å². The summed E-state index contributed by atoms with van der Waals surface area (Å²) in [5.41, 5.74) is 0.701. The van der Waals surface area contributed by atoms with E-state index in [0.29, 0.717) is 17.4 Å². The first-order valence-electron chi connectivity index (χ1n) is 6.21.